The van der Waals surface area contributed by atoms with Gasteiger partial charge in [0.15, 0.2) is 17.2 Å². The summed E-state index contributed by atoms with van der Waals surface area (Å²) in [6.07, 6.45) is 0. The maximum atomic E-state index is 9.86. The highest BCUT2D eigenvalue weighted by atomic mass is 15.0. The van der Waals surface area contributed by atoms with Crippen molar-refractivity contribution in [1.29, 1.82) is 10.5 Å². The van der Waals surface area contributed by atoms with E-state index in [1.807, 2.05) is 72.8 Å². The van der Waals surface area contributed by atoms with E-state index in [-0.39, 0.29) is 0 Å². The van der Waals surface area contributed by atoms with Crippen molar-refractivity contribution in [2.75, 3.05) is 0 Å². The average molecular weight is 967 g/mol. The molecule has 0 saturated heterocycles. The zero-order chi connectivity index (χ0) is 51.3. The number of hydrogen-bond acceptors (Lipinski definition) is 4. The summed E-state index contributed by atoms with van der Waals surface area (Å²) in [6, 6.07) is 82.3. The predicted molar refractivity (Wildman–Crippen MR) is 305 cm³/mol. The molecule has 0 amide bonds. The molecule has 0 N–H and O–H groups in total. The predicted octanol–water partition coefficient (Wildman–Crippen LogP) is 17.5. The van der Waals surface area contributed by atoms with Gasteiger partial charge in [0.1, 0.15) is 0 Å². The summed E-state index contributed by atoms with van der Waals surface area (Å²) in [4.78, 5) is 17.8. The number of para-hydroxylation sites is 3. The highest BCUT2D eigenvalue weighted by Crippen LogP contribution is 2.44. The molecule has 0 saturated carbocycles. The number of rotatable bonds is 8. The minimum absolute atomic E-state index is 0.421. The van der Waals surface area contributed by atoms with Crippen molar-refractivity contribution in [1.82, 2.24) is 19.1 Å². The molecule has 0 aliphatic heterocycles. The largest absolute Gasteiger partial charge is 0.309 e. The fraction of sp³-hybridized carbons (Fsp3) is 0. The number of aromatic nitrogens is 4. The van der Waals surface area contributed by atoms with Crippen LogP contribution in [0.1, 0.15) is 11.1 Å². The number of fused-ring (bicyclic) bond motifs is 6. The van der Waals surface area contributed by atoms with Gasteiger partial charge in [0.25, 0.3) is 0 Å². The Morgan fingerprint density at radius 2 is 0.816 bits per heavy atom. The van der Waals surface area contributed by atoms with Crippen molar-refractivity contribution in [2.24, 2.45) is 0 Å². The van der Waals surface area contributed by atoms with Crippen LogP contribution in [0, 0.1) is 35.8 Å². The van der Waals surface area contributed by atoms with Crippen molar-refractivity contribution in [3.63, 3.8) is 0 Å². The highest BCUT2D eigenvalue weighted by Gasteiger charge is 2.23. The maximum absolute atomic E-state index is 9.86. The maximum Gasteiger partial charge on any atom is 0.177 e. The topological polar surface area (TPSA) is 91.9 Å². The van der Waals surface area contributed by atoms with Crippen molar-refractivity contribution >= 4 is 55.0 Å². The number of benzene rings is 10. The molecule has 0 aliphatic rings. The molecule has 0 unspecified atom stereocenters. The molecule has 13 rings (SSSR count). The van der Waals surface area contributed by atoms with E-state index in [0.717, 1.165) is 116 Å². The Morgan fingerprint density at radius 3 is 1.41 bits per heavy atom. The molecule has 13 aromatic rings. The highest BCUT2D eigenvalue weighted by molar-refractivity contribution is 6.13. The van der Waals surface area contributed by atoms with Crippen molar-refractivity contribution in [2.45, 2.75) is 0 Å². The molecular formula is C68H38N8. The summed E-state index contributed by atoms with van der Waals surface area (Å²) < 4.78 is 4.69. The second kappa shape index (κ2) is 18.5. The molecule has 0 radical (unpaired) electrons. The summed E-state index contributed by atoms with van der Waals surface area (Å²) in [5, 5.41) is 23.9. The van der Waals surface area contributed by atoms with E-state index in [0.29, 0.717) is 28.3 Å². The van der Waals surface area contributed by atoms with Crippen LogP contribution in [0.3, 0.4) is 0 Å². The SMILES string of the molecule is [C-]#[N+]c1cc([N+]#[C-])cc(-c2ccc3c(c2)c2ccccc2n3-c2cc(-c3cc(-c4ccccc4)nc(-c4ccccc4)n3)ccc2-c2ccccc2-n2c3ccccc3c3cc(-c4cc(C#N)cc(C#N)c4)ccc32)c1. The van der Waals surface area contributed by atoms with Gasteiger partial charge in [-0.15, -0.1) is 0 Å². The first-order chi connectivity index (χ1) is 37.5. The summed E-state index contributed by atoms with van der Waals surface area (Å²) >= 11 is 0. The molecule has 0 bridgehead atoms. The molecule has 3 aromatic heterocycles. The monoisotopic (exact) mass is 966 g/mol. The minimum atomic E-state index is 0.421. The molecule has 76 heavy (non-hydrogen) atoms. The Labute approximate surface area is 437 Å². The first-order valence-corrected chi connectivity index (χ1v) is 24.6. The Morgan fingerprint density at radius 1 is 0.342 bits per heavy atom. The van der Waals surface area contributed by atoms with E-state index in [1.165, 1.54) is 0 Å². The van der Waals surface area contributed by atoms with Gasteiger partial charge in [-0.25, -0.2) is 19.7 Å². The van der Waals surface area contributed by atoms with Crippen LogP contribution in [0.5, 0.6) is 0 Å². The Hall–Kier alpha value is -11.2. The van der Waals surface area contributed by atoms with Crippen LogP contribution in [0.25, 0.3) is 132 Å². The standard InChI is InChI=1S/C68H38N8/c1-71-52-34-51(35-53(39-52)72-2)48-27-30-66-59(37-48)56-21-11-14-24-64(56)76(66)67-38-49(61-40-60(45-15-5-3-6-16-45)73-68(74-61)46-17-7-4-8-18-46)25-28-57(67)54-19-9-12-22-62(54)75-63-23-13-10-20-55(63)58-36-47(26-29-65(58)75)50-32-43(41-69)31-44(33-50)42-70/h3-40H. The lowest BCUT2D eigenvalue weighted by Gasteiger charge is -2.20. The Kier molecular flexibility index (Phi) is 10.9. The lowest BCUT2D eigenvalue weighted by molar-refractivity contribution is 1.15. The first kappa shape index (κ1) is 44.8. The third-order valence-corrected chi connectivity index (χ3v) is 14.2. The Bertz CT molecular complexity index is 4570. The van der Waals surface area contributed by atoms with E-state index in [2.05, 4.69) is 177 Å². The fourth-order valence-electron chi connectivity index (χ4n) is 10.7. The molecule has 3 heterocycles. The molecule has 0 spiro atoms. The molecule has 0 fully saturated rings. The van der Waals surface area contributed by atoms with E-state index in [9.17, 15) is 10.5 Å². The molecule has 8 nitrogen and oxygen atoms in total. The van der Waals surface area contributed by atoms with Gasteiger partial charge >= 0.3 is 0 Å². The van der Waals surface area contributed by atoms with Crippen LogP contribution in [0.15, 0.2) is 231 Å². The molecule has 8 heteroatoms. The van der Waals surface area contributed by atoms with Gasteiger partial charge < -0.3 is 9.13 Å². The zero-order valence-corrected chi connectivity index (χ0v) is 40.5. The fourth-order valence-corrected chi connectivity index (χ4v) is 10.7. The van der Waals surface area contributed by atoms with Crippen LogP contribution >= 0.6 is 0 Å². The third-order valence-electron chi connectivity index (χ3n) is 14.2. The smallest absolute Gasteiger partial charge is 0.177 e. The van der Waals surface area contributed by atoms with Gasteiger partial charge in [-0.2, -0.15) is 10.5 Å². The molecular weight excluding hydrogens is 929 g/mol. The van der Waals surface area contributed by atoms with Crippen LogP contribution in [0.2, 0.25) is 0 Å². The van der Waals surface area contributed by atoms with E-state index in [4.69, 9.17) is 23.1 Å². The molecule has 350 valence electrons. The van der Waals surface area contributed by atoms with Crippen LogP contribution in [0.4, 0.5) is 11.4 Å². The summed E-state index contributed by atoms with van der Waals surface area (Å²) in [5.74, 6) is 0.624. The second-order valence-electron chi connectivity index (χ2n) is 18.6. The van der Waals surface area contributed by atoms with Gasteiger partial charge in [-0.05, 0) is 95.1 Å². The van der Waals surface area contributed by atoms with Crippen LogP contribution in [-0.2, 0) is 0 Å². The van der Waals surface area contributed by atoms with Gasteiger partial charge in [0, 0.05) is 49.4 Å². The normalized spacial score (nSPS) is 11.1. The average Bonchev–Trinajstić information content (AvgIpc) is 4.06. The van der Waals surface area contributed by atoms with Gasteiger partial charge in [0.05, 0.1) is 81.2 Å². The van der Waals surface area contributed by atoms with E-state index < -0.39 is 0 Å². The third kappa shape index (κ3) is 7.68. The van der Waals surface area contributed by atoms with Crippen LogP contribution < -0.4 is 0 Å². The number of nitriles is 2. The zero-order valence-electron chi connectivity index (χ0n) is 40.5. The van der Waals surface area contributed by atoms with E-state index in [1.54, 1.807) is 12.1 Å². The summed E-state index contributed by atoms with van der Waals surface area (Å²) in [6.45, 7) is 15.6. The lowest BCUT2D eigenvalue weighted by Crippen LogP contribution is -2.02. The van der Waals surface area contributed by atoms with Gasteiger partial charge in [-0.3, -0.25) is 0 Å². The first-order valence-electron chi connectivity index (χ1n) is 24.6. The second-order valence-corrected chi connectivity index (χ2v) is 18.6. The molecule has 0 atom stereocenters. The quantitative estimate of drug-likeness (QED) is 0.142. The van der Waals surface area contributed by atoms with Crippen molar-refractivity contribution < 1.29 is 0 Å². The molecule has 0 aliphatic carbocycles. The van der Waals surface area contributed by atoms with Crippen molar-refractivity contribution in [3.8, 4) is 90.8 Å². The summed E-state index contributed by atoms with van der Waals surface area (Å²) in [7, 11) is 0. The lowest BCUT2D eigenvalue weighted by atomic mass is 9.97. The number of nitrogens with zero attached hydrogens (tertiary/aromatic N) is 8. The number of hydrogen-bond donors (Lipinski definition) is 0. The van der Waals surface area contributed by atoms with Gasteiger partial charge in [0.2, 0.25) is 0 Å². The molecule has 10 aromatic carbocycles. The Balaban J connectivity index is 1.07. The van der Waals surface area contributed by atoms with Gasteiger partial charge in [-0.1, -0.05) is 158 Å². The minimum Gasteiger partial charge on any atom is -0.309 e. The summed E-state index contributed by atoms with van der Waals surface area (Å²) in [5.41, 5.74) is 17.4. The van der Waals surface area contributed by atoms with Crippen molar-refractivity contribution in [3.05, 3.63) is 264 Å². The van der Waals surface area contributed by atoms with Crippen LogP contribution in [-0.4, -0.2) is 19.1 Å². The van der Waals surface area contributed by atoms with E-state index >= 15 is 0 Å².